The number of aliphatic imine (C=N–C) groups is 1. The molecule has 1 fully saturated rings. The van der Waals surface area contributed by atoms with Gasteiger partial charge in [-0.3, -0.25) is 4.99 Å². The van der Waals surface area contributed by atoms with E-state index < -0.39 is 0 Å². The minimum atomic E-state index is 0.265. The van der Waals surface area contributed by atoms with Gasteiger partial charge in [0, 0.05) is 34.7 Å². The van der Waals surface area contributed by atoms with Crippen molar-refractivity contribution in [2.75, 3.05) is 19.6 Å². The summed E-state index contributed by atoms with van der Waals surface area (Å²) in [4.78, 5) is 6.26. The maximum atomic E-state index is 9.91. The first-order chi connectivity index (χ1) is 11.2. The maximum Gasteiger partial charge on any atom is 0.133 e. The molecule has 3 rings (SSSR count). The van der Waals surface area contributed by atoms with E-state index in [1.807, 2.05) is 12.1 Å². The lowest BCUT2D eigenvalue weighted by molar-refractivity contribution is -0.918. The number of halogens is 1. The lowest BCUT2D eigenvalue weighted by atomic mass is 10.1. The zero-order chi connectivity index (χ0) is 16.1. The van der Waals surface area contributed by atoms with Crippen molar-refractivity contribution < 1.29 is 10.0 Å². The summed E-state index contributed by atoms with van der Waals surface area (Å²) in [6.45, 7) is 3.18. The Hall–Kier alpha value is -1.65. The van der Waals surface area contributed by atoms with Crippen molar-refractivity contribution in [2.45, 2.75) is 18.9 Å². The van der Waals surface area contributed by atoms with Crippen LogP contribution in [0.3, 0.4) is 0 Å². The molecular formula is C19H22BrN2O+. The van der Waals surface area contributed by atoms with Gasteiger partial charge in [0.2, 0.25) is 0 Å². The summed E-state index contributed by atoms with van der Waals surface area (Å²) in [5.74, 6) is 0.265. The lowest BCUT2D eigenvalue weighted by Gasteiger charge is -2.23. The van der Waals surface area contributed by atoms with Crippen LogP contribution in [0.15, 0.2) is 58.0 Å². The fourth-order valence-electron chi connectivity index (χ4n) is 3.22. The number of rotatable bonds is 5. The third kappa shape index (κ3) is 4.21. The molecule has 0 aromatic heterocycles. The molecule has 2 aromatic rings. The second-order valence-corrected chi connectivity index (χ2v) is 6.94. The van der Waals surface area contributed by atoms with Gasteiger partial charge < -0.3 is 10.0 Å². The fraction of sp³-hybridized carbons (Fsp3) is 0.316. The van der Waals surface area contributed by atoms with Gasteiger partial charge in [0.15, 0.2) is 0 Å². The second-order valence-electron chi connectivity index (χ2n) is 6.03. The number of hydrogen-bond acceptors (Lipinski definition) is 2. The van der Waals surface area contributed by atoms with Crippen LogP contribution in [0.25, 0.3) is 0 Å². The predicted molar refractivity (Wildman–Crippen MR) is 97.4 cm³/mol. The molecule has 1 heterocycles. The quantitative estimate of drug-likeness (QED) is 0.776. The third-order valence-corrected chi connectivity index (χ3v) is 4.94. The van der Waals surface area contributed by atoms with Crippen LogP contribution in [0.1, 0.15) is 30.0 Å². The zero-order valence-electron chi connectivity index (χ0n) is 13.1. The number of nitrogens with zero attached hydrogens (tertiary/aromatic N) is 1. The monoisotopic (exact) mass is 373 g/mol. The number of hydrogen-bond donors (Lipinski definition) is 2. The molecule has 0 aliphatic carbocycles. The first-order valence-electron chi connectivity index (χ1n) is 8.12. The Morgan fingerprint density at radius 3 is 2.61 bits per heavy atom. The molecule has 0 bridgehead atoms. The zero-order valence-corrected chi connectivity index (χ0v) is 14.7. The molecule has 1 aliphatic heterocycles. The predicted octanol–water partition coefficient (Wildman–Crippen LogP) is 2.99. The molecule has 120 valence electrons. The van der Waals surface area contributed by atoms with Crippen LogP contribution >= 0.6 is 15.9 Å². The van der Waals surface area contributed by atoms with E-state index in [1.54, 1.807) is 17.2 Å². The highest BCUT2D eigenvalue weighted by Gasteiger charge is 2.26. The van der Waals surface area contributed by atoms with Crippen molar-refractivity contribution in [2.24, 2.45) is 4.99 Å². The van der Waals surface area contributed by atoms with E-state index in [9.17, 15) is 5.11 Å². The van der Waals surface area contributed by atoms with Crippen molar-refractivity contribution in [3.05, 3.63) is 64.1 Å². The first kappa shape index (κ1) is 16.2. The molecule has 1 atom stereocenters. The average Bonchev–Trinajstić information content (AvgIpc) is 3.09. The smallest absolute Gasteiger partial charge is 0.133 e. The summed E-state index contributed by atoms with van der Waals surface area (Å²) < 4.78 is 0.946. The summed E-state index contributed by atoms with van der Waals surface area (Å²) in [7, 11) is 0. The molecular weight excluding hydrogens is 352 g/mol. The standard InChI is InChI=1S/C19H21BrN2O/c20-17-8-9-19(23)16(12-17)13-21-14-18(22-10-4-5-11-22)15-6-2-1-3-7-15/h1-3,6-9,12-13,18,23H,4-5,10-11,14H2/p+1/t18-/m1/s1. The molecule has 0 saturated carbocycles. The van der Waals surface area contributed by atoms with Crippen LogP contribution in [0, 0.1) is 0 Å². The van der Waals surface area contributed by atoms with Crippen molar-refractivity contribution >= 4 is 22.1 Å². The van der Waals surface area contributed by atoms with Crippen LogP contribution in [0.5, 0.6) is 5.75 Å². The van der Waals surface area contributed by atoms with Crippen LogP contribution in [0.2, 0.25) is 0 Å². The Bertz CT molecular complexity index is 666. The highest BCUT2D eigenvalue weighted by molar-refractivity contribution is 9.10. The largest absolute Gasteiger partial charge is 0.507 e. The molecule has 0 radical (unpaired) electrons. The van der Waals surface area contributed by atoms with Crippen LogP contribution < -0.4 is 4.90 Å². The molecule has 23 heavy (non-hydrogen) atoms. The Kier molecular flexibility index (Phi) is 5.47. The Morgan fingerprint density at radius 2 is 1.87 bits per heavy atom. The van der Waals surface area contributed by atoms with Gasteiger partial charge in [-0.05, 0) is 18.2 Å². The molecule has 1 aliphatic rings. The molecule has 2 N–H and O–H groups in total. The average molecular weight is 374 g/mol. The van der Waals surface area contributed by atoms with Gasteiger partial charge in [-0.15, -0.1) is 0 Å². The van der Waals surface area contributed by atoms with Crippen LogP contribution in [-0.4, -0.2) is 31.0 Å². The summed E-state index contributed by atoms with van der Waals surface area (Å²) >= 11 is 3.43. The Labute approximate surface area is 145 Å². The number of aromatic hydroxyl groups is 1. The third-order valence-electron chi connectivity index (χ3n) is 4.45. The Morgan fingerprint density at radius 1 is 1.13 bits per heavy atom. The number of phenols is 1. The first-order valence-corrected chi connectivity index (χ1v) is 8.91. The van der Waals surface area contributed by atoms with Gasteiger partial charge in [0.1, 0.15) is 11.8 Å². The van der Waals surface area contributed by atoms with Crippen molar-refractivity contribution in [1.29, 1.82) is 0 Å². The van der Waals surface area contributed by atoms with E-state index in [4.69, 9.17) is 0 Å². The summed E-state index contributed by atoms with van der Waals surface area (Å²) in [6.07, 6.45) is 4.38. The summed E-state index contributed by atoms with van der Waals surface area (Å²) in [5, 5.41) is 9.91. The van der Waals surface area contributed by atoms with E-state index in [0.717, 1.165) is 16.6 Å². The van der Waals surface area contributed by atoms with E-state index in [-0.39, 0.29) is 5.75 Å². The van der Waals surface area contributed by atoms with Crippen LogP contribution in [0.4, 0.5) is 0 Å². The molecule has 2 aromatic carbocycles. The molecule has 3 nitrogen and oxygen atoms in total. The molecule has 4 heteroatoms. The minimum Gasteiger partial charge on any atom is -0.507 e. The van der Waals surface area contributed by atoms with Crippen molar-refractivity contribution in [3.8, 4) is 5.75 Å². The summed E-state index contributed by atoms with van der Waals surface area (Å²) in [6, 6.07) is 16.4. The highest BCUT2D eigenvalue weighted by Crippen LogP contribution is 2.20. The molecule has 0 amide bonds. The van der Waals surface area contributed by atoms with Crippen molar-refractivity contribution in [3.63, 3.8) is 0 Å². The van der Waals surface area contributed by atoms with Gasteiger partial charge >= 0.3 is 0 Å². The van der Waals surface area contributed by atoms with Crippen LogP contribution in [-0.2, 0) is 0 Å². The van der Waals surface area contributed by atoms with E-state index in [1.165, 1.54) is 31.5 Å². The van der Waals surface area contributed by atoms with Gasteiger partial charge in [0.05, 0.1) is 19.6 Å². The van der Waals surface area contributed by atoms with Gasteiger partial charge in [-0.25, -0.2) is 0 Å². The topological polar surface area (TPSA) is 37.0 Å². The highest BCUT2D eigenvalue weighted by atomic mass is 79.9. The second kappa shape index (κ2) is 7.75. The maximum absolute atomic E-state index is 9.91. The number of likely N-dealkylation sites (tertiary alicyclic amines) is 1. The lowest BCUT2D eigenvalue weighted by Crippen LogP contribution is -3.10. The SMILES string of the molecule is Oc1ccc(Br)cc1C=NC[C@H](c1ccccc1)[NH+]1CCCC1. The molecule has 0 unspecified atom stereocenters. The fourth-order valence-corrected chi connectivity index (χ4v) is 3.60. The van der Waals surface area contributed by atoms with Gasteiger partial charge in [-0.1, -0.05) is 46.3 Å². The normalized spacial score (nSPS) is 16.9. The minimum absolute atomic E-state index is 0.265. The van der Waals surface area contributed by atoms with E-state index >= 15 is 0 Å². The molecule has 0 spiro atoms. The molecule has 1 saturated heterocycles. The summed E-state index contributed by atoms with van der Waals surface area (Å²) in [5.41, 5.74) is 2.10. The van der Waals surface area contributed by atoms with Crippen molar-refractivity contribution in [1.82, 2.24) is 0 Å². The number of benzene rings is 2. The van der Waals surface area contributed by atoms with Gasteiger partial charge in [0.25, 0.3) is 0 Å². The number of quaternary nitrogens is 1. The van der Waals surface area contributed by atoms with Gasteiger partial charge in [-0.2, -0.15) is 0 Å². The van der Waals surface area contributed by atoms with E-state index in [0.29, 0.717) is 6.04 Å². The van der Waals surface area contributed by atoms with E-state index in [2.05, 4.69) is 51.3 Å². The number of phenolic OH excluding ortho intramolecular Hbond substituents is 1. The Balaban J connectivity index is 1.76. The number of nitrogens with one attached hydrogen (secondary N) is 1.